The van der Waals surface area contributed by atoms with E-state index in [-0.39, 0.29) is 11.5 Å². The number of anilines is 2. The number of carbonyl (C=O) groups is 1. The van der Waals surface area contributed by atoms with E-state index >= 15 is 0 Å². The summed E-state index contributed by atoms with van der Waals surface area (Å²) in [5.41, 5.74) is 3.01. The van der Waals surface area contributed by atoms with Crippen LogP contribution in [0.5, 0.6) is 5.88 Å². The Kier molecular flexibility index (Phi) is 7.46. The van der Waals surface area contributed by atoms with Gasteiger partial charge in [-0.3, -0.25) is 4.79 Å². The summed E-state index contributed by atoms with van der Waals surface area (Å²) >= 11 is 5.95. The lowest BCUT2D eigenvalue weighted by molar-refractivity contribution is 0.0911. The topological polar surface area (TPSA) is 85.5 Å². The van der Waals surface area contributed by atoms with Gasteiger partial charge in [-0.15, -0.1) is 0 Å². The number of benzene rings is 2. The predicted molar refractivity (Wildman–Crippen MR) is 148 cm³/mol. The number of aromatic nitrogens is 4. The number of pyridine rings is 1. The van der Waals surface area contributed by atoms with E-state index in [1.165, 1.54) is 15.6 Å². The Hall–Kier alpha value is -4.11. The molecule has 0 spiro atoms. The van der Waals surface area contributed by atoms with Gasteiger partial charge in [0, 0.05) is 48.5 Å². The fourth-order valence-electron chi connectivity index (χ4n) is 4.71. The third kappa shape index (κ3) is 5.15. The molecule has 2 aromatic heterocycles. The lowest BCUT2D eigenvalue weighted by atomic mass is 10.0. The fraction of sp³-hybridized carbons (Fsp3) is 0.286. The quantitative estimate of drug-likeness (QED) is 0.314. The van der Waals surface area contributed by atoms with Crippen molar-refractivity contribution in [3.63, 3.8) is 0 Å². The molecule has 0 bridgehead atoms. The first-order valence-corrected chi connectivity index (χ1v) is 12.9. The molecular weight excluding hydrogens is 504 g/mol. The Bertz CT molecular complexity index is 1440. The Labute approximate surface area is 225 Å². The van der Waals surface area contributed by atoms with Crippen LogP contribution in [0.2, 0.25) is 5.02 Å². The summed E-state index contributed by atoms with van der Waals surface area (Å²) < 4.78 is 7.88. The normalized spacial score (nSPS) is 14.4. The summed E-state index contributed by atoms with van der Waals surface area (Å²) in [6, 6.07) is 17.7. The Morgan fingerprint density at radius 1 is 0.921 bits per heavy atom. The van der Waals surface area contributed by atoms with Gasteiger partial charge in [-0.25, -0.2) is 19.0 Å². The molecule has 0 radical (unpaired) electrons. The van der Waals surface area contributed by atoms with E-state index in [9.17, 15) is 9.59 Å². The summed E-state index contributed by atoms with van der Waals surface area (Å²) in [7, 11) is 1.61. The maximum atomic E-state index is 13.2. The summed E-state index contributed by atoms with van der Waals surface area (Å²) in [5, 5.41) is 4.83. The monoisotopic (exact) mass is 532 g/mol. The molecule has 38 heavy (non-hydrogen) atoms. The Morgan fingerprint density at radius 3 is 2.11 bits per heavy atom. The number of nitrogens with zero attached hydrogens (tertiary/aromatic N) is 6. The molecule has 5 rings (SSSR count). The Morgan fingerprint density at radius 2 is 1.53 bits per heavy atom. The number of piperazine rings is 1. The number of rotatable bonds is 8. The first-order chi connectivity index (χ1) is 18.5. The van der Waals surface area contributed by atoms with E-state index in [1.807, 2.05) is 49.5 Å². The first-order valence-electron chi connectivity index (χ1n) is 12.5. The molecule has 2 aromatic carbocycles. The lowest BCUT2D eigenvalue weighted by Gasteiger charge is -2.37. The zero-order valence-corrected chi connectivity index (χ0v) is 22.1. The van der Waals surface area contributed by atoms with Crippen LogP contribution in [0.1, 0.15) is 29.7 Å². The second-order valence-electron chi connectivity index (χ2n) is 9.07. The maximum Gasteiger partial charge on any atom is 0.351 e. The number of hydrogen-bond donors (Lipinski definition) is 0. The average molecular weight is 533 g/mol. The second-order valence-corrected chi connectivity index (χ2v) is 9.51. The molecule has 10 heteroatoms. The SMILES string of the molecule is CCC(C(=O)c1ccc(Cl)cc1)n1ncn(-c2ccc(N3CCN(c4ccc(OC)nc4)CC3)cc2)c1=O. The van der Waals surface area contributed by atoms with Gasteiger partial charge in [-0.1, -0.05) is 18.5 Å². The van der Waals surface area contributed by atoms with Crippen molar-refractivity contribution < 1.29 is 9.53 Å². The number of hydrogen-bond acceptors (Lipinski definition) is 7. The average Bonchev–Trinajstić information content (AvgIpc) is 3.34. The molecule has 0 amide bonds. The van der Waals surface area contributed by atoms with Crippen molar-refractivity contribution in [2.45, 2.75) is 19.4 Å². The second kappa shape index (κ2) is 11.1. The van der Waals surface area contributed by atoms with Crippen LogP contribution in [0.3, 0.4) is 0 Å². The molecule has 0 aliphatic carbocycles. The van der Waals surface area contributed by atoms with Crippen LogP contribution >= 0.6 is 11.6 Å². The highest BCUT2D eigenvalue weighted by atomic mass is 35.5. The van der Waals surface area contributed by atoms with Crippen LogP contribution in [0.25, 0.3) is 5.69 Å². The van der Waals surface area contributed by atoms with Crippen molar-refractivity contribution >= 4 is 28.8 Å². The van der Waals surface area contributed by atoms with Crippen molar-refractivity contribution in [3.05, 3.63) is 94.3 Å². The number of ether oxygens (including phenoxy) is 1. The van der Waals surface area contributed by atoms with Gasteiger partial charge in [0.15, 0.2) is 5.78 Å². The summed E-state index contributed by atoms with van der Waals surface area (Å²) in [4.78, 5) is 35.2. The molecule has 1 aliphatic heterocycles. The summed E-state index contributed by atoms with van der Waals surface area (Å²) in [6.07, 6.45) is 3.75. The van der Waals surface area contributed by atoms with E-state index in [0.717, 1.165) is 37.6 Å². The van der Waals surface area contributed by atoms with E-state index < -0.39 is 6.04 Å². The third-order valence-corrected chi connectivity index (χ3v) is 7.13. The molecular formula is C28H29ClN6O3. The van der Waals surface area contributed by atoms with Crippen molar-refractivity contribution in [1.29, 1.82) is 0 Å². The maximum absolute atomic E-state index is 13.2. The van der Waals surface area contributed by atoms with Crippen LogP contribution in [0, 0.1) is 0 Å². The van der Waals surface area contributed by atoms with Gasteiger partial charge in [0.1, 0.15) is 12.4 Å². The van der Waals surface area contributed by atoms with Gasteiger partial charge in [0.05, 0.1) is 24.7 Å². The smallest absolute Gasteiger partial charge is 0.351 e. The molecule has 196 valence electrons. The zero-order chi connectivity index (χ0) is 26.6. The van der Waals surface area contributed by atoms with Gasteiger partial charge in [-0.05, 0) is 61.0 Å². The molecule has 0 N–H and O–H groups in total. The van der Waals surface area contributed by atoms with Gasteiger partial charge in [-0.2, -0.15) is 5.10 Å². The molecule has 4 aromatic rings. The highest BCUT2D eigenvalue weighted by Gasteiger charge is 2.24. The van der Waals surface area contributed by atoms with Gasteiger partial charge in [0.2, 0.25) is 5.88 Å². The van der Waals surface area contributed by atoms with Crippen LogP contribution in [-0.4, -0.2) is 58.4 Å². The minimum absolute atomic E-state index is 0.170. The Balaban J connectivity index is 1.27. The van der Waals surface area contributed by atoms with Gasteiger partial charge < -0.3 is 14.5 Å². The summed E-state index contributed by atoms with van der Waals surface area (Å²) in [6.45, 7) is 5.36. The molecule has 1 saturated heterocycles. The van der Waals surface area contributed by atoms with Crippen molar-refractivity contribution in [3.8, 4) is 11.6 Å². The van der Waals surface area contributed by atoms with Gasteiger partial charge >= 0.3 is 5.69 Å². The van der Waals surface area contributed by atoms with Gasteiger partial charge in [0.25, 0.3) is 0 Å². The number of halogens is 1. The molecule has 9 nitrogen and oxygen atoms in total. The lowest BCUT2D eigenvalue weighted by Crippen LogP contribution is -2.46. The van der Waals surface area contributed by atoms with Crippen molar-refractivity contribution in [1.82, 2.24) is 19.3 Å². The largest absolute Gasteiger partial charge is 0.481 e. The highest BCUT2D eigenvalue weighted by Crippen LogP contribution is 2.23. The minimum atomic E-state index is -0.693. The standard InChI is InChI=1S/C28H29ClN6O3/c1-3-25(27(36)20-4-6-21(29)7-5-20)35-28(37)34(19-31-35)23-10-8-22(9-11-23)32-14-16-33(17-15-32)24-12-13-26(38-2)30-18-24/h4-13,18-19,25H,3,14-17H2,1-2H3. The van der Waals surface area contributed by atoms with E-state index in [2.05, 4.69) is 19.9 Å². The molecule has 1 fully saturated rings. The van der Waals surface area contributed by atoms with Crippen LogP contribution in [-0.2, 0) is 0 Å². The molecule has 1 unspecified atom stereocenters. The molecule has 3 heterocycles. The van der Waals surface area contributed by atoms with Crippen LogP contribution < -0.4 is 20.2 Å². The molecule has 1 aliphatic rings. The van der Waals surface area contributed by atoms with Crippen LogP contribution in [0.4, 0.5) is 11.4 Å². The number of ketones is 1. The first kappa shape index (κ1) is 25.5. The number of carbonyl (C=O) groups excluding carboxylic acids is 1. The fourth-order valence-corrected chi connectivity index (χ4v) is 4.84. The van der Waals surface area contributed by atoms with E-state index in [0.29, 0.717) is 28.6 Å². The van der Waals surface area contributed by atoms with Crippen LogP contribution in [0.15, 0.2) is 78.0 Å². The van der Waals surface area contributed by atoms with Crippen molar-refractivity contribution in [2.75, 3.05) is 43.1 Å². The summed E-state index contributed by atoms with van der Waals surface area (Å²) in [5.74, 6) is 0.437. The van der Waals surface area contributed by atoms with Crippen molar-refractivity contribution in [2.24, 2.45) is 0 Å². The molecule has 1 atom stereocenters. The zero-order valence-electron chi connectivity index (χ0n) is 21.3. The molecule has 0 saturated carbocycles. The minimum Gasteiger partial charge on any atom is -0.481 e. The number of Topliss-reactive ketones (excluding diaryl/α,β-unsaturated/α-hetero) is 1. The van der Waals surface area contributed by atoms with E-state index in [1.54, 1.807) is 31.4 Å². The number of methoxy groups -OCH3 is 1. The third-order valence-electron chi connectivity index (χ3n) is 6.87. The highest BCUT2D eigenvalue weighted by molar-refractivity contribution is 6.30. The van der Waals surface area contributed by atoms with E-state index in [4.69, 9.17) is 16.3 Å². The predicted octanol–water partition coefficient (Wildman–Crippen LogP) is 4.25.